The van der Waals surface area contributed by atoms with Crippen LogP contribution in [0.1, 0.15) is 32.1 Å². The van der Waals surface area contributed by atoms with Crippen LogP contribution in [0.15, 0.2) is 28.7 Å². The number of benzene rings is 1. The molecule has 3 heteroatoms. The van der Waals surface area contributed by atoms with Crippen LogP contribution < -0.4 is 10.2 Å². The van der Waals surface area contributed by atoms with Crippen molar-refractivity contribution < 1.29 is 0 Å². The van der Waals surface area contributed by atoms with Crippen LogP contribution in [0.4, 0.5) is 5.69 Å². The molecule has 1 N–H and O–H groups in total. The Bertz CT molecular complexity index is 407. The van der Waals surface area contributed by atoms with Crippen molar-refractivity contribution in [3.63, 3.8) is 0 Å². The van der Waals surface area contributed by atoms with E-state index in [0.29, 0.717) is 5.54 Å². The SMILES string of the molecule is Brc1cccc(N2CCNC3(CCCCC3)C2)c1. The third kappa shape index (κ3) is 2.57. The molecule has 1 saturated heterocycles. The van der Waals surface area contributed by atoms with Gasteiger partial charge in [-0.2, -0.15) is 0 Å². The molecule has 1 heterocycles. The number of piperazine rings is 1. The van der Waals surface area contributed by atoms with E-state index in [9.17, 15) is 0 Å². The van der Waals surface area contributed by atoms with Crippen molar-refractivity contribution in [3.8, 4) is 0 Å². The fraction of sp³-hybridized carbons (Fsp3) is 0.600. The minimum Gasteiger partial charge on any atom is -0.368 e. The summed E-state index contributed by atoms with van der Waals surface area (Å²) in [5.74, 6) is 0. The summed E-state index contributed by atoms with van der Waals surface area (Å²) >= 11 is 3.57. The Morgan fingerprint density at radius 1 is 1.17 bits per heavy atom. The van der Waals surface area contributed by atoms with Crippen LogP contribution in [-0.4, -0.2) is 25.2 Å². The number of rotatable bonds is 1. The molecule has 2 aliphatic rings. The average Bonchev–Trinajstić information content (AvgIpc) is 2.40. The van der Waals surface area contributed by atoms with Crippen molar-refractivity contribution in [3.05, 3.63) is 28.7 Å². The highest BCUT2D eigenvalue weighted by Gasteiger charge is 2.36. The van der Waals surface area contributed by atoms with Crippen molar-refractivity contribution in [2.45, 2.75) is 37.6 Å². The molecule has 1 spiro atoms. The van der Waals surface area contributed by atoms with Crippen molar-refractivity contribution >= 4 is 21.6 Å². The second-order valence-corrected chi connectivity index (χ2v) is 6.58. The number of hydrogen-bond donors (Lipinski definition) is 1. The summed E-state index contributed by atoms with van der Waals surface area (Å²) in [7, 11) is 0. The lowest BCUT2D eigenvalue weighted by Gasteiger charge is -2.47. The molecule has 1 aliphatic heterocycles. The van der Waals surface area contributed by atoms with Gasteiger partial charge in [-0.3, -0.25) is 0 Å². The Kier molecular flexibility index (Phi) is 3.62. The highest BCUT2D eigenvalue weighted by Crippen LogP contribution is 2.32. The van der Waals surface area contributed by atoms with Crippen molar-refractivity contribution in [1.82, 2.24) is 5.32 Å². The molecule has 1 aliphatic carbocycles. The van der Waals surface area contributed by atoms with Gasteiger partial charge in [-0.25, -0.2) is 0 Å². The van der Waals surface area contributed by atoms with E-state index < -0.39 is 0 Å². The first-order valence-corrected chi connectivity index (χ1v) is 7.82. The third-order valence-corrected chi connectivity index (χ3v) is 4.85. The first-order chi connectivity index (χ1) is 8.77. The topological polar surface area (TPSA) is 15.3 Å². The molecule has 98 valence electrons. The first kappa shape index (κ1) is 12.5. The quantitative estimate of drug-likeness (QED) is 0.853. The lowest BCUT2D eigenvalue weighted by atomic mass is 9.80. The van der Waals surface area contributed by atoms with Gasteiger partial charge in [0.1, 0.15) is 0 Å². The van der Waals surface area contributed by atoms with E-state index in [4.69, 9.17) is 0 Å². The summed E-state index contributed by atoms with van der Waals surface area (Å²) in [4.78, 5) is 2.55. The van der Waals surface area contributed by atoms with Crippen LogP contribution in [-0.2, 0) is 0 Å². The number of anilines is 1. The molecular formula is C15H21BrN2. The molecule has 0 aromatic heterocycles. The van der Waals surface area contributed by atoms with Gasteiger partial charge >= 0.3 is 0 Å². The number of hydrogen-bond acceptors (Lipinski definition) is 2. The number of halogens is 1. The van der Waals surface area contributed by atoms with E-state index in [2.05, 4.69) is 50.4 Å². The minimum absolute atomic E-state index is 0.388. The largest absolute Gasteiger partial charge is 0.368 e. The molecule has 18 heavy (non-hydrogen) atoms. The van der Waals surface area contributed by atoms with Crippen LogP contribution in [0.5, 0.6) is 0 Å². The van der Waals surface area contributed by atoms with E-state index >= 15 is 0 Å². The fourth-order valence-corrected chi connectivity index (χ4v) is 3.80. The summed E-state index contributed by atoms with van der Waals surface area (Å²) in [5.41, 5.74) is 1.74. The predicted octanol–water partition coefficient (Wildman–Crippen LogP) is 3.56. The van der Waals surface area contributed by atoms with Gasteiger partial charge in [0.15, 0.2) is 0 Å². The molecule has 1 aromatic rings. The van der Waals surface area contributed by atoms with Crippen LogP contribution >= 0.6 is 15.9 Å². The summed E-state index contributed by atoms with van der Waals surface area (Å²) in [6.07, 6.45) is 6.88. The van der Waals surface area contributed by atoms with Gasteiger partial charge in [0.25, 0.3) is 0 Å². The number of nitrogens with zero attached hydrogens (tertiary/aromatic N) is 1. The third-order valence-electron chi connectivity index (χ3n) is 4.36. The van der Waals surface area contributed by atoms with E-state index in [1.165, 1.54) is 48.8 Å². The van der Waals surface area contributed by atoms with Gasteiger partial charge in [0, 0.05) is 35.3 Å². The molecule has 1 saturated carbocycles. The Labute approximate surface area is 118 Å². The summed E-state index contributed by atoms with van der Waals surface area (Å²) in [6.45, 7) is 3.41. The summed E-state index contributed by atoms with van der Waals surface area (Å²) in [6, 6.07) is 8.70. The normalized spacial score (nSPS) is 23.3. The van der Waals surface area contributed by atoms with Crippen LogP contribution in [0.3, 0.4) is 0 Å². The highest BCUT2D eigenvalue weighted by atomic mass is 79.9. The molecule has 1 aromatic carbocycles. The summed E-state index contributed by atoms with van der Waals surface area (Å²) < 4.78 is 1.18. The van der Waals surface area contributed by atoms with Gasteiger partial charge in [-0.1, -0.05) is 41.3 Å². The van der Waals surface area contributed by atoms with Gasteiger partial charge in [-0.05, 0) is 31.0 Å². The maximum atomic E-state index is 3.80. The predicted molar refractivity (Wildman–Crippen MR) is 80.2 cm³/mol. The Hall–Kier alpha value is -0.540. The van der Waals surface area contributed by atoms with Crippen molar-refractivity contribution in [1.29, 1.82) is 0 Å². The molecule has 0 unspecified atom stereocenters. The Morgan fingerprint density at radius 3 is 2.78 bits per heavy atom. The smallest absolute Gasteiger partial charge is 0.0378 e. The standard InChI is InChI=1S/C15H21BrN2/c16-13-5-4-6-14(11-13)18-10-9-17-15(12-18)7-2-1-3-8-15/h4-6,11,17H,1-3,7-10,12H2. The second-order valence-electron chi connectivity index (χ2n) is 5.67. The lowest BCUT2D eigenvalue weighted by molar-refractivity contribution is 0.216. The zero-order chi connectivity index (χ0) is 12.4. The molecule has 0 radical (unpaired) electrons. The van der Waals surface area contributed by atoms with Crippen LogP contribution in [0.25, 0.3) is 0 Å². The maximum Gasteiger partial charge on any atom is 0.0378 e. The van der Waals surface area contributed by atoms with Gasteiger partial charge in [0.05, 0.1) is 0 Å². The highest BCUT2D eigenvalue weighted by molar-refractivity contribution is 9.10. The molecular weight excluding hydrogens is 288 g/mol. The minimum atomic E-state index is 0.388. The average molecular weight is 309 g/mol. The fourth-order valence-electron chi connectivity index (χ4n) is 3.41. The van der Waals surface area contributed by atoms with E-state index in [-0.39, 0.29) is 0 Å². The van der Waals surface area contributed by atoms with E-state index in [1.807, 2.05) is 0 Å². The van der Waals surface area contributed by atoms with Crippen molar-refractivity contribution in [2.75, 3.05) is 24.5 Å². The Morgan fingerprint density at radius 2 is 2.00 bits per heavy atom. The van der Waals surface area contributed by atoms with Gasteiger partial charge < -0.3 is 10.2 Å². The number of nitrogens with one attached hydrogen (secondary N) is 1. The molecule has 0 atom stereocenters. The zero-order valence-corrected chi connectivity index (χ0v) is 12.4. The Balaban J connectivity index is 1.77. The summed E-state index contributed by atoms with van der Waals surface area (Å²) in [5, 5.41) is 3.80. The maximum absolute atomic E-state index is 3.80. The van der Waals surface area contributed by atoms with E-state index in [0.717, 1.165) is 13.1 Å². The van der Waals surface area contributed by atoms with Crippen LogP contribution in [0.2, 0.25) is 0 Å². The monoisotopic (exact) mass is 308 g/mol. The molecule has 2 nitrogen and oxygen atoms in total. The van der Waals surface area contributed by atoms with E-state index in [1.54, 1.807) is 0 Å². The molecule has 2 fully saturated rings. The van der Waals surface area contributed by atoms with Crippen molar-refractivity contribution in [2.24, 2.45) is 0 Å². The van der Waals surface area contributed by atoms with Crippen LogP contribution in [0, 0.1) is 0 Å². The first-order valence-electron chi connectivity index (χ1n) is 7.03. The molecule has 0 amide bonds. The second kappa shape index (κ2) is 5.22. The van der Waals surface area contributed by atoms with Gasteiger partial charge in [0.2, 0.25) is 0 Å². The lowest BCUT2D eigenvalue weighted by Crippen LogP contribution is -2.61. The van der Waals surface area contributed by atoms with Gasteiger partial charge in [-0.15, -0.1) is 0 Å². The molecule has 0 bridgehead atoms. The molecule has 3 rings (SSSR count). The zero-order valence-electron chi connectivity index (χ0n) is 10.8.